The number of carbonyl (C=O) groups excluding carboxylic acids is 1. The number of amides is 1. The van der Waals surface area contributed by atoms with Gasteiger partial charge >= 0.3 is 0 Å². The molecule has 1 aliphatic heterocycles. The van der Waals surface area contributed by atoms with Crippen molar-refractivity contribution in [3.63, 3.8) is 0 Å². The third-order valence-corrected chi connectivity index (χ3v) is 4.07. The molecule has 140 valence electrons. The van der Waals surface area contributed by atoms with Crippen molar-refractivity contribution in [3.8, 4) is 0 Å². The van der Waals surface area contributed by atoms with Crippen molar-refractivity contribution >= 4 is 35.8 Å². The highest BCUT2D eigenvalue weighted by atomic mass is 127. The summed E-state index contributed by atoms with van der Waals surface area (Å²) in [5, 5.41) is 6.44. The molecule has 1 aliphatic rings. The first-order valence-corrected chi connectivity index (χ1v) is 8.65. The number of halogens is 2. The minimum absolute atomic E-state index is 0. The lowest BCUT2D eigenvalue weighted by Gasteiger charge is -2.16. The van der Waals surface area contributed by atoms with Crippen LogP contribution in [-0.2, 0) is 11.3 Å². The Labute approximate surface area is 166 Å². The average molecular weight is 462 g/mol. The van der Waals surface area contributed by atoms with Gasteiger partial charge in [0.05, 0.1) is 6.54 Å². The van der Waals surface area contributed by atoms with E-state index in [1.807, 2.05) is 17.9 Å². The fourth-order valence-electron chi connectivity index (χ4n) is 2.66. The van der Waals surface area contributed by atoms with Gasteiger partial charge in [0.2, 0.25) is 5.91 Å². The van der Waals surface area contributed by atoms with E-state index in [1.165, 1.54) is 6.07 Å². The summed E-state index contributed by atoms with van der Waals surface area (Å²) in [4.78, 5) is 18.0. The Morgan fingerprint density at radius 2 is 2.16 bits per heavy atom. The SMILES string of the molecule is CCNC(=NCc1ccc(C)c(F)c1)NCCCN1CCCC1=O.I. The van der Waals surface area contributed by atoms with E-state index in [0.29, 0.717) is 24.5 Å². The molecule has 1 saturated heterocycles. The van der Waals surface area contributed by atoms with E-state index in [4.69, 9.17) is 0 Å². The van der Waals surface area contributed by atoms with Gasteiger partial charge in [-0.2, -0.15) is 0 Å². The van der Waals surface area contributed by atoms with Crippen LogP contribution in [0.15, 0.2) is 23.2 Å². The fourth-order valence-corrected chi connectivity index (χ4v) is 2.66. The summed E-state index contributed by atoms with van der Waals surface area (Å²) >= 11 is 0. The normalized spacial score (nSPS) is 14.4. The van der Waals surface area contributed by atoms with Gasteiger partial charge in [-0.1, -0.05) is 12.1 Å². The predicted octanol–water partition coefficient (Wildman–Crippen LogP) is 2.82. The van der Waals surface area contributed by atoms with Gasteiger partial charge in [-0.05, 0) is 43.9 Å². The first-order chi connectivity index (χ1) is 11.6. The van der Waals surface area contributed by atoms with Crippen LogP contribution in [0.3, 0.4) is 0 Å². The number of nitrogens with one attached hydrogen (secondary N) is 2. The van der Waals surface area contributed by atoms with Crippen molar-refractivity contribution in [2.45, 2.75) is 39.7 Å². The number of nitrogens with zero attached hydrogens (tertiary/aromatic N) is 2. The Hall–Kier alpha value is -1.38. The molecule has 5 nitrogen and oxygen atoms in total. The van der Waals surface area contributed by atoms with E-state index < -0.39 is 0 Å². The molecule has 0 spiro atoms. The smallest absolute Gasteiger partial charge is 0.222 e. The highest BCUT2D eigenvalue weighted by molar-refractivity contribution is 14.0. The molecule has 1 aromatic carbocycles. The van der Waals surface area contributed by atoms with Crippen molar-refractivity contribution in [2.24, 2.45) is 4.99 Å². The zero-order chi connectivity index (χ0) is 17.4. The molecule has 1 heterocycles. The van der Waals surface area contributed by atoms with Crippen LogP contribution in [0.2, 0.25) is 0 Å². The monoisotopic (exact) mass is 462 g/mol. The van der Waals surface area contributed by atoms with Crippen LogP contribution in [0.4, 0.5) is 4.39 Å². The number of guanidine groups is 1. The fraction of sp³-hybridized carbons (Fsp3) is 0.556. The van der Waals surface area contributed by atoms with E-state index >= 15 is 0 Å². The largest absolute Gasteiger partial charge is 0.357 e. The Morgan fingerprint density at radius 1 is 1.36 bits per heavy atom. The third kappa shape index (κ3) is 7.17. The van der Waals surface area contributed by atoms with Gasteiger partial charge in [0.25, 0.3) is 0 Å². The van der Waals surface area contributed by atoms with Crippen molar-refractivity contribution in [1.82, 2.24) is 15.5 Å². The second-order valence-corrected chi connectivity index (χ2v) is 6.04. The highest BCUT2D eigenvalue weighted by Gasteiger charge is 2.18. The molecule has 2 N–H and O–H groups in total. The van der Waals surface area contributed by atoms with Crippen LogP contribution in [0.1, 0.15) is 37.3 Å². The van der Waals surface area contributed by atoms with E-state index in [-0.39, 0.29) is 35.7 Å². The number of aryl methyl sites for hydroxylation is 1. The topological polar surface area (TPSA) is 56.7 Å². The van der Waals surface area contributed by atoms with Crippen LogP contribution < -0.4 is 10.6 Å². The van der Waals surface area contributed by atoms with Gasteiger partial charge in [-0.25, -0.2) is 9.38 Å². The van der Waals surface area contributed by atoms with Crippen molar-refractivity contribution in [3.05, 3.63) is 35.1 Å². The zero-order valence-corrected chi connectivity index (χ0v) is 17.3. The lowest BCUT2D eigenvalue weighted by atomic mass is 10.1. The molecule has 0 unspecified atom stereocenters. The van der Waals surface area contributed by atoms with E-state index in [0.717, 1.165) is 44.6 Å². The minimum atomic E-state index is -0.198. The standard InChI is InChI=1S/C18H27FN4O.HI/c1-3-20-18(21-9-5-11-23-10-4-6-17(23)24)22-13-15-8-7-14(2)16(19)12-15;/h7-8,12H,3-6,9-11,13H2,1-2H3,(H2,20,21,22);1H. The molecule has 1 aromatic rings. The number of hydrogen-bond acceptors (Lipinski definition) is 2. The summed E-state index contributed by atoms with van der Waals surface area (Å²) in [6, 6.07) is 5.19. The van der Waals surface area contributed by atoms with E-state index in [2.05, 4.69) is 15.6 Å². The highest BCUT2D eigenvalue weighted by Crippen LogP contribution is 2.10. The molecule has 2 rings (SSSR count). The molecule has 0 bridgehead atoms. The summed E-state index contributed by atoms with van der Waals surface area (Å²) in [5.41, 5.74) is 1.49. The number of carbonyl (C=O) groups is 1. The quantitative estimate of drug-likeness (QED) is 0.284. The number of benzene rings is 1. The first-order valence-electron chi connectivity index (χ1n) is 8.65. The van der Waals surface area contributed by atoms with E-state index in [9.17, 15) is 9.18 Å². The minimum Gasteiger partial charge on any atom is -0.357 e. The van der Waals surface area contributed by atoms with Crippen molar-refractivity contribution in [2.75, 3.05) is 26.2 Å². The molecular formula is C18H28FIN4O. The molecule has 0 aliphatic carbocycles. The summed E-state index contributed by atoms with van der Waals surface area (Å²) in [6.45, 7) is 7.36. The van der Waals surface area contributed by atoms with Gasteiger partial charge in [-0.3, -0.25) is 4.79 Å². The zero-order valence-electron chi connectivity index (χ0n) is 15.0. The molecule has 0 atom stereocenters. The number of rotatable bonds is 7. The summed E-state index contributed by atoms with van der Waals surface area (Å²) in [6.07, 6.45) is 2.55. The van der Waals surface area contributed by atoms with Crippen molar-refractivity contribution in [1.29, 1.82) is 0 Å². The van der Waals surface area contributed by atoms with Crippen LogP contribution in [-0.4, -0.2) is 42.9 Å². The second-order valence-electron chi connectivity index (χ2n) is 6.04. The molecule has 0 radical (unpaired) electrons. The molecule has 25 heavy (non-hydrogen) atoms. The first kappa shape index (κ1) is 21.7. The molecule has 1 fully saturated rings. The molecule has 0 saturated carbocycles. The van der Waals surface area contributed by atoms with Gasteiger partial charge < -0.3 is 15.5 Å². The van der Waals surface area contributed by atoms with Gasteiger partial charge in [-0.15, -0.1) is 24.0 Å². The van der Waals surface area contributed by atoms with Gasteiger partial charge in [0.15, 0.2) is 5.96 Å². The van der Waals surface area contributed by atoms with E-state index in [1.54, 1.807) is 13.0 Å². The van der Waals surface area contributed by atoms with Crippen LogP contribution >= 0.6 is 24.0 Å². The Morgan fingerprint density at radius 3 is 2.80 bits per heavy atom. The lowest BCUT2D eigenvalue weighted by Crippen LogP contribution is -2.39. The number of aliphatic imine (C=N–C) groups is 1. The summed E-state index contributed by atoms with van der Waals surface area (Å²) < 4.78 is 13.6. The molecule has 1 amide bonds. The third-order valence-electron chi connectivity index (χ3n) is 4.07. The molecule has 0 aromatic heterocycles. The summed E-state index contributed by atoms with van der Waals surface area (Å²) in [7, 11) is 0. The maximum Gasteiger partial charge on any atom is 0.222 e. The van der Waals surface area contributed by atoms with Gasteiger partial charge in [0, 0.05) is 32.6 Å². The summed E-state index contributed by atoms with van der Waals surface area (Å²) in [5.74, 6) is 0.777. The number of likely N-dealkylation sites (tertiary alicyclic amines) is 1. The van der Waals surface area contributed by atoms with Crippen LogP contribution in [0.5, 0.6) is 0 Å². The number of hydrogen-bond donors (Lipinski definition) is 2. The van der Waals surface area contributed by atoms with Crippen LogP contribution in [0.25, 0.3) is 0 Å². The van der Waals surface area contributed by atoms with Gasteiger partial charge in [0.1, 0.15) is 5.82 Å². The molecular weight excluding hydrogens is 434 g/mol. The Kier molecular flexibility index (Phi) is 9.77. The van der Waals surface area contributed by atoms with Crippen molar-refractivity contribution < 1.29 is 9.18 Å². The van der Waals surface area contributed by atoms with Crippen LogP contribution in [0, 0.1) is 12.7 Å². The Bertz CT molecular complexity index is 594. The predicted molar refractivity (Wildman–Crippen MR) is 110 cm³/mol. The second kappa shape index (κ2) is 11.3. The molecule has 7 heteroatoms. The Balaban J connectivity index is 0.00000312. The lowest BCUT2D eigenvalue weighted by molar-refractivity contribution is -0.127. The average Bonchev–Trinajstić information content (AvgIpc) is 2.97. The maximum atomic E-state index is 13.6. The maximum absolute atomic E-state index is 13.6.